The van der Waals surface area contributed by atoms with Gasteiger partial charge in [0.15, 0.2) is 0 Å². The smallest absolute Gasteiger partial charge is 0.258 e. The lowest BCUT2D eigenvalue weighted by Crippen LogP contribution is -2.07. The number of nitrogens with two attached hydrogens (primary N) is 1. The van der Waals surface area contributed by atoms with Crippen molar-refractivity contribution in [3.63, 3.8) is 0 Å². The van der Waals surface area contributed by atoms with Crippen molar-refractivity contribution in [2.24, 2.45) is 0 Å². The van der Waals surface area contributed by atoms with Crippen molar-refractivity contribution in [2.45, 2.75) is 0 Å². The van der Waals surface area contributed by atoms with Crippen molar-refractivity contribution in [2.75, 3.05) is 24.7 Å². The van der Waals surface area contributed by atoms with Crippen LogP contribution in [0, 0.1) is 0 Å². The van der Waals surface area contributed by atoms with Gasteiger partial charge >= 0.3 is 0 Å². The minimum Gasteiger partial charge on any atom is -0.399 e. The Labute approximate surface area is 123 Å². The third kappa shape index (κ3) is 2.72. The summed E-state index contributed by atoms with van der Waals surface area (Å²) in [5.74, 6) is 1.06. The molecule has 2 N–H and O–H groups in total. The van der Waals surface area contributed by atoms with E-state index >= 15 is 0 Å². The van der Waals surface area contributed by atoms with E-state index in [1.807, 2.05) is 67.5 Å². The summed E-state index contributed by atoms with van der Waals surface area (Å²) in [5.41, 5.74) is 9.28. The molecule has 3 aromatic rings. The van der Waals surface area contributed by atoms with Crippen molar-refractivity contribution in [1.82, 2.24) is 10.1 Å². The van der Waals surface area contributed by atoms with Crippen LogP contribution in [0.3, 0.4) is 0 Å². The lowest BCUT2D eigenvalue weighted by molar-refractivity contribution is 0.432. The Balaban J connectivity index is 1.89. The zero-order valence-electron chi connectivity index (χ0n) is 11.9. The van der Waals surface area contributed by atoms with Crippen LogP contribution in [0.1, 0.15) is 0 Å². The van der Waals surface area contributed by atoms with Crippen LogP contribution in [-0.2, 0) is 0 Å². The van der Waals surface area contributed by atoms with E-state index in [1.54, 1.807) is 0 Å². The monoisotopic (exact) mass is 280 g/mol. The number of nitrogens with zero attached hydrogens (tertiary/aromatic N) is 3. The number of aromatic nitrogens is 2. The topological polar surface area (TPSA) is 68.2 Å². The van der Waals surface area contributed by atoms with Gasteiger partial charge in [0.1, 0.15) is 0 Å². The van der Waals surface area contributed by atoms with E-state index in [-0.39, 0.29) is 0 Å². The van der Waals surface area contributed by atoms with Crippen molar-refractivity contribution in [3.8, 4) is 22.8 Å². The molecule has 3 rings (SSSR count). The van der Waals surface area contributed by atoms with E-state index in [0.717, 1.165) is 16.8 Å². The van der Waals surface area contributed by atoms with Crippen molar-refractivity contribution in [3.05, 3.63) is 48.5 Å². The molecule has 0 amide bonds. The van der Waals surface area contributed by atoms with Crippen molar-refractivity contribution < 1.29 is 4.52 Å². The minimum atomic E-state index is 0.488. The molecule has 21 heavy (non-hydrogen) atoms. The first-order valence-corrected chi connectivity index (χ1v) is 6.61. The predicted molar refractivity (Wildman–Crippen MR) is 83.9 cm³/mol. The zero-order chi connectivity index (χ0) is 14.8. The summed E-state index contributed by atoms with van der Waals surface area (Å²) in [5, 5.41) is 4.03. The molecular formula is C16H16N4O. The Bertz CT molecular complexity index is 730. The standard InChI is InChI=1S/C16H16N4O/c1-20(2)14-9-5-11(6-10-14)15-18-16(21-19-15)12-3-7-13(17)8-4-12/h3-10H,17H2,1-2H3. The van der Waals surface area contributed by atoms with Gasteiger partial charge in [-0.2, -0.15) is 4.98 Å². The lowest BCUT2D eigenvalue weighted by Gasteiger charge is -2.11. The van der Waals surface area contributed by atoms with Gasteiger partial charge in [0.25, 0.3) is 5.89 Å². The number of anilines is 2. The number of benzene rings is 2. The SMILES string of the molecule is CN(C)c1ccc(-c2noc(-c3ccc(N)cc3)n2)cc1. The fraction of sp³-hybridized carbons (Fsp3) is 0.125. The van der Waals surface area contributed by atoms with Crippen molar-refractivity contribution in [1.29, 1.82) is 0 Å². The summed E-state index contributed by atoms with van der Waals surface area (Å²) in [6.07, 6.45) is 0. The minimum absolute atomic E-state index is 0.488. The van der Waals surface area contributed by atoms with Crippen LogP contribution in [0.15, 0.2) is 53.1 Å². The number of hydrogen-bond donors (Lipinski definition) is 1. The summed E-state index contributed by atoms with van der Waals surface area (Å²) in [4.78, 5) is 6.46. The third-order valence-electron chi connectivity index (χ3n) is 3.23. The van der Waals surface area contributed by atoms with Gasteiger partial charge in [0, 0.05) is 36.6 Å². The van der Waals surface area contributed by atoms with Crippen LogP contribution >= 0.6 is 0 Å². The van der Waals surface area contributed by atoms with Crippen LogP contribution in [-0.4, -0.2) is 24.2 Å². The second kappa shape index (κ2) is 5.28. The van der Waals surface area contributed by atoms with E-state index in [0.29, 0.717) is 17.4 Å². The molecule has 1 aromatic heterocycles. The molecule has 0 radical (unpaired) electrons. The van der Waals surface area contributed by atoms with E-state index in [4.69, 9.17) is 10.3 Å². The molecular weight excluding hydrogens is 264 g/mol. The van der Waals surface area contributed by atoms with Gasteiger partial charge in [-0.15, -0.1) is 0 Å². The molecule has 2 aromatic carbocycles. The molecule has 0 fully saturated rings. The number of nitrogen functional groups attached to an aromatic ring is 1. The second-order valence-corrected chi connectivity index (χ2v) is 4.99. The summed E-state index contributed by atoms with van der Waals surface area (Å²) < 4.78 is 5.31. The predicted octanol–water partition coefficient (Wildman–Crippen LogP) is 3.05. The molecule has 0 unspecified atom stereocenters. The molecule has 5 heteroatoms. The van der Waals surface area contributed by atoms with Gasteiger partial charge in [0.2, 0.25) is 5.82 Å². The molecule has 1 heterocycles. The fourth-order valence-electron chi connectivity index (χ4n) is 1.99. The first-order valence-electron chi connectivity index (χ1n) is 6.61. The summed E-state index contributed by atoms with van der Waals surface area (Å²) in [7, 11) is 4.01. The van der Waals surface area contributed by atoms with E-state index in [9.17, 15) is 0 Å². The van der Waals surface area contributed by atoms with E-state index in [1.165, 1.54) is 0 Å². The maximum atomic E-state index is 5.67. The highest BCUT2D eigenvalue weighted by atomic mass is 16.5. The first kappa shape index (κ1) is 13.2. The summed E-state index contributed by atoms with van der Waals surface area (Å²) in [6, 6.07) is 15.3. The Morgan fingerprint density at radius 1 is 0.905 bits per heavy atom. The van der Waals surface area contributed by atoms with E-state index < -0.39 is 0 Å². The molecule has 0 atom stereocenters. The maximum Gasteiger partial charge on any atom is 0.258 e. The van der Waals surface area contributed by atoms with Gasteiger partial charge in [-0.25, -0.2) is 0 Å². The molecule has 0 saturated carbocycles. The highest BCUT2D eigenvalue weighted by Gasteiger charge is 2.10. The van der Waals surface area contributed by atoms with Gasteiger partial charge in [-0.3, -0.25) is 0 Å². The van der Waals surface area contributed by atoms with Gasteiger partial charge in [-0.05, 0) is 48.5 Å². The highest BCUT2D eigenvalue weighted by Crippen LogP contribution is 2.24. The maximum absolute atomic E-state index is 5.67. The first-order chi connectivity index (χ1) is 10.1. The normalized spacial score (nSPS) is 10.6. The van der Waals surface area contributed by atoms with Crippen LogP contribution in [0.5, 0.6) is 0 Å². The third-order valence-corrected chi connectivity index (χ3v) is 3.23. The Hall–Kier alpha value is -2.82. The highest BCUT2D eigenvalue weighted by molar-refractivity contribution is 5.63. The van der Waals surface area contributed by atoms with Gasteiger partial charge in [0.05, 0.1) is 0 Å². The Morgan fingerprint density at radius 3 is 2.14 bits per heavy atom. The average Bonchev–Trinajstić information content (AvgIpc) is 2.98. The number of hydrogen-bond acceptors (Lipinski definition) is 5. The largest absolute Gasteiger partial charge is 0.399 e. The van der Waals surface area contributed by atoms with Crippen LogP contribution in [0.25, 0.3) is 22.8 Å². The molecule has 106 valence electrons. The van der Waals surface area contributed by atoms with E-state index in [2.05, 4.69) is 10.1 Å². The molecule has 0 aliphatic rings. The lowest BCUT2D eigenvalue weighted by atomic mass is 10.2. The molecule has 0 aliphatic carbocycles. The van der Waals surface area contributed by atoms with Crippen LogP contribution in [0.2, 0.25) is 0 Å². The van der Waals surface area contributed by atoms with Crippen LogP contribution in [0.4, 0.5) is 11.4 Å². The fourth-order valence-corrected chi connectivity index (χ4v) is 1.99. The second-order valence-electron chi connectivity index (χ2n) is 4.99. The van der Waals surface area contributed by atoms with Crippen LogP contribution < -0.4 is 10.6 Å². The molecule has 0 bridgehead atoms. The van der Waals surface area contributed by atoms with Crippen molar-refractivity contribution >= 4 is 11.4 Å². The summed E-state index contributed by atoms with van der Waals surface area (Å²) in [6.45, 7) is 0. The Kier molecular flexibility index (Phi) is 3.31. The molecule has 0 saturated heterocycles. The molecule has 0 spiro atoms. The Morgan fingerprint density at radius 2 is 1.52 bits per heavy atom. The number of rotatable bonds is 3. The average molecular weight is 280 g/mol. The summed E-state index contributed by atoms with van der Waals surface area (Å²) >= 11 is 0. The molecule has 5 nitrogen and oxygen atoms in total. The van der Waals surface area contributed by atoms with Gasteiger partial charge < -0.3 is 15.2 Å². The zero-order valence-corrected chi connectivity index (χ0v) is 11.9. The quantitative estimate of drug-likeness (QED) is 0.747. The van der Waals surface area contributed by atoms with Gasteiger partial charge in [-0.1, -0.05) is 5.16 Å². The molecule has 0 aliphatic heterocycles.